The molecule has 0 aromatic rings. The molecule has 0 aromatic heterocycles. The van der Waals surface area contributed by atoms with Crippen molar-refractivity contribution in [2.24, 2.45) is 0 Å². The Hall–Kier alpha value is -0.530. The molecule has 0 aromatic carbocycles. The number of carbonyl (C=O) groups is 1. The van der Waals surface area contributed by atoms with Crippen LogP contribution >= 0.6 is 0 Å². The molecule has 0 aliphatic heterocycles. The Morgan fingerprint density at radius 2 is 2.21 bits per heavy atom. The van der Waals surface area contributed by atoms with E-state index in [0.717, 1.165) is 0 Å². The third-order valence-electron chi connectivity index (χ3n) is 1.63. The fraction of sp³-hybridized carbons (Fsp3) is 0.875. The van der Waals surface area contributed by atoms with Gasteiger partial charge in [-0.2, -0.15) is 0 Å². The number of aliphatic hydroxyl groups excluding tert-OH is 3. The number of hydrogen-bond acceptors (Lipinski definition) is 6. The zero-order valence-electron chi connectivity index (χ0n) is 9.63. The van der Waals surface area contributed by atoms with E-state index >= 15 is 0 Å². The molecular weight excluding hydrogens is 192 g/mol. The third-order valence-corrected chi connectivity index (χ3v) is 1.63. The number of carbonyl (C=O) groups excluding carboxylic acids is 1. The van der Waals surface area contributed by atoms with E-state index in [1.807, 2.05) is 0 Å². The molecular formula is C8H16O6. The van der Waals surface area contributed by atoms with Crippen molar-refractivity contribution in [3.05, 3.63) is 0 Å². The minimum Gasteiger partial charge on any atom is -0.394 e. The highest BCUT2D eigenvalue weighted by atomic mass is 16.5. The molecule has 0 bridgehead atoms. The number of ketones is 1. The van der Waals surface area contributed by atoms with Crippen LogP contribution in [0.25, 0.3) is 0 Å². The lowest BCUT2D eigenvalue weighted by molar-refractivity contribution is -0.147. The summed E-state index contributed by atoms with van der Waals surface area (Å²) in [4.78, 5) is 11.4. The van der Waals surface area contributed by atoms with E-state index in [1.165, 1.54) is 0 Å². The van der Waals surface area contributed by atoms with Gasteiger partial charge in [-0.3, -0.25) is 4.79 Å². The van der Waals surface area contributed by atoms with Gasteiger partial charge < -0.3 is 24.8 Å². The molecule has 6 heteroatoms. The van der Waals surface area contributed by atoms with Crippen LogP contribution in [-0.4, -0.2) is 66.8 Å². The topological polar surface area (TPSA) is 96.2 Å². The first kappa shape index (κ1) is 10.0. The second-order valence-electron chi connectivity index (χ2n) is 2.64. The Bertz CT molecular complexity index is 203. The van der Waals surface area contributed by atoms with Crippen molar-refractivity contribution in [1.82, 2.24) is 0 Å². The van der Waals surface area contributed by atoms with Gasteiger partial charge in [-0.1, -0.05) is 0 Å². The average Bonchev–Trinajstić information content (AvgIpc) is 2.30. The normalized spacial score (nSPS) is 19.4. The fourth-order valence-corrected chi connectivity index (χ4v) is 0.874. The number of Topliss-reactive ketones (excluding diaryl/α,β-unsaturated/α-hetero) is 1. The van der Waals surface area contributed by atoms with Crippen LogP contribution < -0.4 is 0 Å². The molecule has 0 saturated carbocycles. The van der Waals surface area contributed by atoms with Gasteiger partial charge in [0.05, 0.1) is 9.35 Å². The number of rotatable bonds is 7. The van der Waals surface area contributed by atoms with Crippen LogP contribution in [-0.2, 0) is 14.3 Å². The molecule has 0 aliphatic rings. The van der Waals surface area contributed by atoms with Gasteiger partial charge in [-0.15, -0.1) is 0 Å². The van der Waals surface area contributed by atoms with E-state index in [9.17, 15) is 9.90 Å². The minimum atomic E-state index is -1.63. The molecule has 3 N–H and O–H groups in total. The highest BCUT2D eigenvalue weighted by molar-refractivity contribution is 5.84. The summed E-state index contributed by atoms with van der Waals surface area (Å²) in [6.07, 6.45) is -4.60. The summed E-state index contributed by atoms with van der Waals surface area (Å²) in [6, 6.07) is 0. The zero-order valence-corrected chi connectivity index (χ0v) is 7.63. The number of hydrogen-bond donors (Lipinski definition) is 3. The van der Waals surface area contributed by atoms with Gasteiger partial charge in [-0.25, -0.2) is 0 Å². The first-order valence-corrected chi connectivity index (χ1v) is 3.86. The highest BCUT2D eigenvalue weighted by Crippen LogP contribution is 2.05. The van der Waals surface area contributed by atoms with Crippen LogP contribution in [0.5, 0.6) is 0 Å². The molecule has 0 heterocycles. The second-order valence-corrected chi connectivity index (χ2v) is 2.64. The van der Waals surface area contributed by atoms with Crippen LogP contribution in [0.15, 0.2) is 0 Å². The second kappa shape index (κ2) is 6.86. The lowest BCUT2D eigenvalue weighted by atomic mass is 10.1. The molecule has 3 atom stereocenters. The van der Waals surface area contributed by atoms with Gasteiger partial charge in [0.2, 0.25) is 0 Å². The first-order chi connectivity index (χ1) is 7.58. The molecule has 84 valence electrons. The van der Waals surface area contributed by atoms with Gasteiger partial charge in [0, 0.05) is 14.2 Å². The number of aliphatic hydroxyl groups is 3. The first-order valence-electron chi connectivity index (χ1n) is 5.27. The van der Waals surface area contributed by atoms with Crippen molar-refractivity contribution in [3.8, 4) is 0 Å². The quantitative estimate of drug-likeness (QED) is 0.447. The smallest absolute Gasteiger partial charge is 0.189 e. The summed E-state index contributed by atoms with van der Waals surface area (Å²) in [6.45, 7) is -1.19. The summed E-state index contributed by atoms with van der Waals surface area (Å²) in [7, 11) is -0.996. The van der Waals surface area contributed by atoms with Crippen molar-refractivity contribution in [2.75, 3.05) is 27.4 Å². The molecule has 0 rings (SSSR count). The van der Waals surface area contributed by atoms with Crippen molar-refractivity contribution in [2.45, 2.75) is 18.3 Å². The Morgan fingerprint density at radius 3 is 2.71 bits per heavy atom. The van der Waals surface area contributed by atoms with E-state index in [4.69, 9.17) is 13.0 Å². The summed E-state index contributed by atoms with van der Waals surface area (Å²) in [5.41, 5.74) is 0. The Labute approximate surface area is 84.9 Å². The third kappa shape index (κ3) is 3.69. The molecule has 6 nitrogen and oxygen atoms in total. The molecule has 0 spiro atoms. The number of methoxy groups -OCH3 is 2. The standard InChI is InChI=1S/C8H16O6/c1-13-4-6(11)8(14-2)7(12)5(10)3-9/h5,7-10,12H,3-4H2,1-2H3/t5-,7-,8-/m1/s1/i1D,2D. The number of ether oxygens (including phenoxy) is 2. The van der Waals surface area contributed by atoms with Crippen LogP contribution in [0.3, 0.4) is 0 Å². The maximum absolute atomic E-state index is 11.4. The Kier molecular flexibility index (Phi) is 4.90. The maximum atomic E-state index is 11.4. The van der Waals surface area contributed by atoms with E-state index in [1.54, 1.807) is 0 Å². The molecule has 0 saturated heterocycles. The molecule has 0 unspecified atom stereocenters. The van der Waals surface area contributed by atoms with E-state index < -0.39 is 51.5 Å². The van der Waals surface area contributed by atoms with Gasteiger partial charge in [-0.05, 0) is 0 Å². The largest absolute Gasteiger partial charge is 0.394 e. The highest BCUT2D eigenvalue weighted by Gasteiger charge is 2.31. The van der Waals surface area contributed by atoms with Crippen molar-refractivity contribution in [1.29, 1.82) is 0 Å². The lowest BCUT2D eigenvalue weighted by Crippen LogP contribution is -2.46. The average molecular weight is 210 g/mol. The molecule has 0 aliphatic carbocycles. The van der Waals surface area contributed by atoms with Crippen molar-refractivity contribution in [3.63, 3.8) is 0 Å². The van der Waals surface area contributed by atoms with Gasteiger partial charge in [0.15, 0.2) is 5.78 Å². The predicted octanol–water partition coefficient (Wildman–Crippen LogP) is -2.07. The SMILES string of the molecule is [2H]COCC(=O)[C@@H](OC[2H])[C@H](O)[C@H](O)CO. The van der Waals surface area contributed by atoms with E-state index in [0.29, 0.717) is 0 Å². The summed E-state index contributed by atoms with van der Waals surface area (Å²) >= 11 is 0. The van der Waals surface area contributed by atoms with Gasteiger partial charge in [0.1, 0.15) is 24.9 Å². The fourth-order valence-electron chi connectivity index (χ4n) is 0.874. The molecule has 14 heavy (non-hydrogen) atoms. The van der Waals surface area contributed by atoms with Crippen molar-refractivity contribution < 1.29 is 32.3 Å². The molecule has 0 fully saturated rings. The van der Waals surface area contributed by atoms with E-state index in [2.05, 4.69) is 9.47 Å². The summed E-state index contributed by atoms with van der Waals surface area (Å²) in [5.74, 6) is -0.695. The van der Waals surface area contributed by atoms with E-state index in [-0.39, 0.29) is 0 Å². The predicted molar refractivity (Wildman–Crippen MR) is 46.8 cm³/mol. The Balaban J connectivity index is 4.39. The van der Waals surface area contributed by atoms with Crippen LogP contribution in [0, 0.1) is 0 Å². The van der Waals surface area contributed by atoms with Gasteiger partial charge in [0.25, 0.3) is 0 Å². The zero-order chi connectivity index (χ0) is 12.6. The van der Waals surface area contributed by atoms with Crippen LogP contribution in [0.2, 0.25) is 0 Å². The van der Waals surface area contributed by atoms with Gasteiger partial charge >= 0.3 is 0 Å². The van der Waals surface area contributed by atoms with Crippen molar-refractivity contribution >= 4 is 5.78 Å². The lowest BCUT2D eigenvalue weighted by Gasteiger charge is -2.23. The summed E-state index contributed by atoms with van der Waals surface area (Å²) < 4.78 is 22.6. The minimum absolute atomic E-state index is 0.419. The molecule has 0 amide bonds. The summed E-state index contributed by atoms with van der Waals surface area (Å²) in [5, 5.41) is 27.2. The monoisotopic (exact) mass is 210 g/mol. The Morgan fingerprint density at radius 1 is 1.50 bits per heavy atom. The van der Waals surface area contributed by atoms with Crippen LogP contribution in [0.1, 0.15) is 2.74 Å². The maximum Gasteiger partial charge on any atom is 0.189 e. The molecule has 0 radical (unpaired) electrons. The van der Waals surface area contributed by atoms with Crippen LogP contribution in [0.4, 0.5) is 0 Å².